The van der Waals surface area contributed by atoms with Gasteiger partial charge in [0.2, 0.25) is 0 Å². The molecule has 1 aliphatic rings. The zero-order valence-corrected chi connectivity index (χ0v) is 12.0. The highest BCUT2D eigenvalue weighted by Gasteiger charge is 2.46. The first-order valence-electron chi connectivity index (χ1n) is 6.59. The van der Waals surface area contributed by atoms with Crippen LogP contribution in [0.4, 0.5) is 4.39 Å². The van der Waals surface area contributed by atoms with E-state index in [4.69, 9.17) is 9.84 Å². The molecular formula is C13H15FN2O7. The molecule has 3 N–H and O–H groups in total. The number of H-pyrrole nitrogens is 1. The number of aromatic nitrogens is 2. The summed E-state index contributed by atoms with van der Waals surface area (Å²) < 4.78 is 23.9. The first-order chi connectivity index (χ1) is 10.9. The lowest BCUT2D eigenvalue weighted by Gasteiger charge is -2.15. The van der Waals surface area contributed by atoms with Crippen molar-refractivity contribution in [3.05, 3.63) is 38.7 Å². The normalized spacial score (nSPS) is 27.5. The number of rotatable bonds is 4. The van der Waals surface area contributed by atoms with Gasteiger partial charge in [0, 0.05) is 12.3 Å². The van der Waals surface area contributed by atoms with E-state index in [-0.39, 0.29) is 5.56 Å². The second kappa shape index (κ2) is 6.86. The van der Waals surface area contributed by atoms with E-state index < -0.39 is 48.4 Å². The fourth-order valence-electron chi connectivity index (χ4n) is 2.14. The summed E-state index contributed by atoms with van der Waals surface area (Å²) in [7, 11) is 1.15. The van der Waals surface area contributed by atoms with Gasteiger partial charge in [0.15, 0.2) is 12.4 Å². The Hall–Kier alpha value is -2.30. The molecule has 0 aromatic carbocycles. The number of carbonyl (C=O) groups excluding carboxylic acids is 1. The second-order valence-corrected chi connectivity index (χ2v) is 4.76. The van der Waals surface area contributed by atoms with Crippen molar-refractivity contribution >= 4 is 12.0 Å². The van der Waals surface area contributed by atoms with Gasteiger partial charge >= 0.3 is 11.7 Å². The molecule has 0 unspecified atom stereocenters. The number of esters is 1. The van der Waals surface area contributed by atoms with Crippen LogP contribution in [0.25, 0.3) is 6.08 Å². The number of aliphatic hydroxyl groups is 2. The van der Waals surface area contributed by atoms with E-state index in [1.165, 1.54) is 0 Å². The SMILES string of the molecule is COC(=O)/C=C/c1c[nH]c(=O)n([C@H]2O[C@@H](CO)[C@H](O)[C@H]2F)c1=O. The third-order valence-electron chi connectivity index (χ3n) is 3.36. The highest BCUT2D eigenvalue weighted by atomic mass is 19.1. The minimum absolute atomic E-state index is 0.118. The van der Waals surface area contributed by atoms with Gasteiger partial charge in [-0.25, -0.2) is 18.5 Å². The number of hydrogen-bond donors (Lipinski definition) is 3. The van der Waals surface area contributed by atoms with Gasteiger partial charge in [-0.15, -0.1) is 0 Å². The fourth-order valence-corrected chi connectivity index (χ4v) is 2.14. The molecule has 2 rings (SSSR count). The molecule has 1 fully saturated rings. The Bertz CT molecular complexity index is 726. The molecule has 126 valence electrons. The van der Waals surface area contributed by atoms with Crippen LogP contribution in [0, 0.1) is 0 Å². The summed E-state index contributed by atoms with van der Waals surface area (Å²) >= 11 is 0. The Morgan fingerprint density at radius 2 is 2.26 bits per heavy atom. The number of methoxy groups -OCH3 is 1. The molecule has 2 heterocycles. The van der Waals surface area contributed by atoms with Gasteiger partial charge in [-0.1, -0.05) is 0 Å². The monoisotopic (exact) mass is 330 g/mol. The molecule has 0 radical (unpaired) electrons. The molecule has 9 nitrogen and oxygen atoms in total. The number of ether oxygens (including phenoxy) is 2. The summed E-state index contributed by atoms with van der Waals surface area (Å²) in [5.74, 6) is -0.724. The van der Waals surface area contributed by atoms with Gasteiger partial charge < -0.3 is 24.7 Å². The lowest BCUT2D eigenvalue weighted by Crippen LogP contribution is -2.42. The fraction of sp³-hybridized carbons (Fsp3) is 0.462. The maximum atomic E-state index is 14.1. The van der Waals surface area contributed by atoms with Gasteiger partial charge in [0.25, 0.3) is 5.56 Å². The van der Waals surface area contributed by atoms with Crippen LogP contribution in [0.15, 0.2) is 21.9 Å². The topological polar surface area (TPSA) is 131 Å². The highest BCUT2D eigenvalue weighted by molar-refractivity contribution is 5.86. The minimum Gasteiger partial charge on any atom is -0.466 e. The van der Waals surface area contributed by atoms with Crippen molar-refractivity contribution in [2.24, 2.45) is 0 Å². The number of hydrogen-bond acceptors (Lipinski definition) is 7. The summed E-state index contributed by atoms with van der Waals surface area (Å²) in [5, 5.41) is 18.6. The largest absolute Gasteiger partial charge is 0.466 e. The van der Waals surface area contributed by atoms with E-state index in [0.717, 1.165) is 25.5 Å². The summed E-state index contributed by atoms with van der Waals surface area (Å²) in [6.07, 6.45) is -3.62. The second-order valence-electron chi connectivity index (χ2n) is 4.76. The van der Waals surface area contributed by atoms with E-state index in [1.807, 2.05) is 0 Å². The molecule has 0 amide bonds. The van der Waals surface area contributed by atoms with Crippen molar-refractivity contribution in [2.45, 2.75) is 24.6 Å². The van der Waals surface area contributed by atoms with Crippen LogP contribution in [0.1, 0.15) is 11.8 Å². The van der Waals surface area contributed by atoms with E-state index in [0.29, 0.717) is 4.57 Å². The molecule has 1 aromatic rings. The standard InChI is InChI=1S/C13H15FN2O7/c1-22-8(18)3-2-6-4-15-13(21)16(11(6)20)12-9(14)10(19)7(5-17)23-12/h2-4,7,9-10,12,17,19H,5H2,1H3,(H,15,21)/b3-2+/t7-,9+,10-,12-/m0/s1. The van der Waals surface area contributed by atoms with Crippen LogP contribution in [-0.4, -0.2) is 57.8 Å². The minimum atomic E-state index is -2.08. The number of halogens is 1. The highest BCUT2D eigenvalue weighted by Crippen LogP contribution is 2.29. The quantitative estimate of drug-likeness (QED) is 0.443. The lowest BCUT2D eigenvalue weighted by atomic mass is 10.1. The summed E-state index contributed by atoms with van der Waals surface area (Å²) in [5.41, 5.74) is -2.00. The van der Waals surface area contributed by atoms with E-state index in [1.54, 1.807) is 0 Å². The molecule has 23 heavy (non-hydrogen) atoms. The molecule has 0 aliphatic carbocycles. The van der Waals surface area contributed by atoms with Crippen molar-refractivity contribution in [1.29, 1.82) is 0 Å². The summed E-state index contributed by atoms with van der Waals surface area (Å²) in [4.78, 5) is 37.4. The number of carbonyl (C=O) groups is 1. The number of nitrogens with zero attached hydrogens (tertiary/aromatic N) is 1. The van der Waals surface area contributed by atoms with Crippen molar-refractivity contribution < 1.29 is 28.9 Å². The van der Waals surface area contributed by atoms with Gasteiger partial charge in [-0.3, -0.25) is 4.79 Å². The molecule has 10 heteroatoms. The van der Waals surface area contributed by atoms with Crippen molar-refractivity contribution in [3.63, 3.8) is 0 Å². The third-order valence-corrected chi connectivity index (χ3v) is 3.36. The Morgan fingerprint density at radius 3 is 2.83 bits per heavy atom. The van der Waals surface area contributed by atoms with Gasteiger partial charge in [-0.2, -0.15) is 0 Å². The van der Waals surface area contributed by atoms with Crippen molar-refractivity contribution in [2.75, 3.05) is 13.7 Å². The Kier molecular flexibility index (Phi) is 5.08. The Morgan fingerprint density at radius 1 is 1.57 bits per heavy atom. The third kappa shape index (κ3) is 3.23. The maximum Gasteiger partial charge on any atom is 0.330 e. The Balaban J connectivity index is 2.44. The molecule has 0 saturated carbocycles. The van der Waals surface area contributed by atoms with Crippen LogP contribution < -0.4 is 11.2 Å². The summed E-state index contributed by atoms with van der Waals surface area (Å²) in [6, 6.07) is 0. The zero-order valence-electron chi connectivity index (χ0n) is 12.0. The first kappa shape index (κ1) is 17.1. The first-order valence-corrected chi connectivity index (χ1v) is 6.59. The van der Waals surface area contributed by atoms with Crippen molar-refractivity contribution in [3.8, 4) is 0 Å². The molecule has 0 bridgehead atoms. The number of nitrogens with one attached hydrogen (secondary N) is 1. The van der Waals surface area contributed by atoms with E-state index >= 15 is 0 Å². The molecule has 1 aromatic heterocycles. The molecule has 1 saturated heterocycles. The van der Waals surface area contributed by atoms with Crippen molar-refractivity contribution in [1.82, 2.24) is 9.55 Å². The smallest absolute Gasteiger partial charge is 0.330 e. The predicted octanol–water partition coefficient (Wildman–Crippen LogP) is -1.69. The van der Waals surface area contributed by atoms with Gasteiger partial charge in [0.1, 0.15) is 12.2 Å². The molecule has 1 aliphatic heterocycles. The predicted molar refractivity (Wildman–Crippen MR) is 74.3 cm³/mol. The van der Waals surface area contributed by atoms with Crippen LogP contribution in [0.3, 0.4) is 0 Å². The van der Waals surface area contributed by atoms with Crippen LogP contribution in [0.5, 0.6) is 0 Å². The molecule has 0 spiro atoms. The average Bonchev–Trinajstić information content (AvgIpc) is 2.82. The van der Waals surface area contributed by atoms with E-state index in [2.05, 4.69) is 9.72 Å². The summed E-state index contributed by atoms with van der Waals surface area (Å²) in [6.45, 7) is -0.674. The van der Waals surface area contributed by atoms with Crippen LogP contribution in [-0.2, 0) is 14.3 Å². The molecule has 4 atom stereocenters. The number of alkyl halides is 1. The zero-order chi connectivity index (χ0) is 17.1. The van der Waals surface area contributed by atoms with Gasteiger partial charge in [0.05, 0.1) is 19.3 Å². The Labute approximate surface area is 128 Å². The number of aromatic amines is 1. The van der Waals surface area contributed by atoms with Crippen LogP contribution in [0.2, 0.25) is 0 Å². The number of aliphatic hydroxyl groups excluding tert-OH is 2. The maximum absolute atomic E-state index is 14.1. The van der Waals surface area contributed by atoms with E-state index in [9.17, 15) is 23.9 Å². The molecular weight excluding hydrogens is 315 g/mol. The van der Waals surface area contributed by atoms with Crippen LogP contribution >= 0.6 is 0 Å². The average molecular weight is 330 g/mol. The van der Waals surface area contributed by atoms with Gasteiger partial charge in [-0.05, 0) is 6.08 Å². The lowest BCUT2D eigenvalue weighted by molar-refractivity contribution is -0.134.